The number of ether oxygens (including phenoxy) is 2. The van der Waals surface area contributed by atoms with Crippen molar-refractivity contribution in [1.29, 1.82) is 0 Å². The average Bonchev–Trinajstić information content (AvgIpc) is 3.21. The molecule has 0 atom stereocenters. The van der Waals surface area contributed by atoms with Crippen molar-refractivity contribution < 1.29 is 22.7 Å². The maximum atomic E-state index is 12.6. The van der Waals surface area contributed by atoms with Crippen LogP contribution in [0.15, 0.2) is 69.5 Å². The number of nitrogens with zero attached hydrogens (tertiary/aromatic N) is 2. The van der Waals surface area contributed by atoms with Gasteiger partial charge in [-0.1, -0.05) is 29.5 Å². The maximum Gasteiger partial charge on any atom is 0.234 e. The van der Waals surface area contributed by atoms with E-state index in [9.17, 15) is 13.2 Å². The fourth-order valence-electron chi connectivity index (χ4n) is 2.68. The van der Waals surface area contributed by atoms with Gasteiger partial charge in [-0.2, -0.15) is 0 Å². The second-order valence-corrected chi connectivity index (χ2v) is 9.32. The summed E-state index contributed by atoms with van der Waals surface area (Å²) in [5.41, 5.74) is 1.56. The second-order valence-electron chi connectivity index (χ2n) is 6.43. The highest BCUT2D eigenvalue weighted by molar-refractivity contribution is 7.99. The van der Waals surface area contributed by atoms with Gasteiger partial charge in [0.25, 0.3) is 0 Å². The van der Waals surface area contributed by atoms with Gasteiger partial charge in [-0.05, 0) is 43.3 Å². The third-order valence-electron chi connectivity index (χ3n) is 4.23. The highest BCUT2D eigenvalue weighted by atomic mass is 32.2. The predicted molar refractivity (Wildman–Crippen MR) is 111 cm³/mol. The molecular weight excluding hydrogens is 426 g/mol. The van der Waals surface area contributed by atoms with Crippen LogP contribution in [0.25, 0.3) is 0 Å². The molecule has 154 valence electrons. The summed E-state index contributed by atoms with van der Waals surface area (Å²) in [5.74, 6) is 1.07. The Labute approximate surface area is 177 Å². The summed E-state index contributed by atoms with van der Waals surface area (Å²) in [6.07, 6.45) is 0. The summed E-state index contributed by atoms with van der Waals surface area (Å²) in [5, 5.41) is 10.8. The van der Waals surface area contributed by atoms with E-state index in [2.05, 4.69) is 15.5 Å². The Morgan fingerprint density at radius 3 is 2.53 bits per heavy atom. The molecule has 30 heavy (non-hydrogen) atoms. The molecule has 0 saturated carbocycles. The van der Waals surface area contributed by atoms with Crippen LogP contribution < -0.4 is 14.8 Å². The first-order valence-corrected chi connectivity index (χ1v) is 11.4. The highest BCUT2D eigenvalue weighted by Gasteiger charge is 2.20. The minimum Gasteiger partial charge on any atom is -0.454 e. The Morgan fingerprint density at radius 1 is 1.03 bits per heavy atom. The van der Waals surface area contributed by atoms with Crippen LogP contribution in [0.2, 0.25) is 0 Å². The van der Waals surface area contributed by atoms with Crippen molar-refractivity contribution in [1.82, 2.24) is 10.2 Å². The van der Waals surface area contributed by atoms with Crippen LogP contribution in [0.1, 0.15) is 5.56 Å². The van der Waals surface area contributed by atoms with E-state index in [0.717, 1.165) is 17.3 Å². The first kappa shape index (κ1) is 20.2. The van der Waals surface area contributed by atoms with Gasteiger partial charge in [-0.25, -0.2) is 8.42 Å². The largest absolute Gasteiger partial charge is 0.454 e. The number of nitrogens with one attached hydrogen (secondary N) is 1. The Kier molecular flexibility index (Phi) is 5.60. The highest BCUT2D eigenvalue weighted by Crippen LogP contribution is 2.34. The summed E-state index contributed by atoms with van der Waals surface area (Å²) in [4.78, 5) is 12.3. The lowest BCUT2D eigenvalue weighted by Crippen LogP contribution is -2.14. The standard InChI is InChI=1S/C20H17N3O5S2/c1-13-2-5-15(6-3-13)30(25,26)20-9-8-19(22-23-20)29-11-18(24)21-14-4-7-16-17(10-14)28-12-27-16/h2-10H,11-12H2,1H3,(H,21,24). The summed E-state index contributed by atoms with van der Waals surface area (Å²) < 4.78 is 35.7. The van der Waals surface area contributed by atoms with Crippen molar-refractivity contribution in [3.8, 4) is 11.5 Å². The van der Waals surface area contributed by atoms with Crippen molar-refractivity contribution in [2.75, 3.05) is 17.9 Å². The molecule has 0 bridgehead atoms. The Bertz CT molecular complexity index is 1180. The van der Waals surface area contributed by atoms with Crippen molar-refractivity contribution in [3.63, 3.8) is 0 Å². The number of aryl methyl sites for hydroxylation is 1. The third kappa shape index (κ3) is 4.39. The van der Waals surface area contributed by atoms with Crippen molar-refractivity contribution in [3.05, 3.63) is 60.2 Å². The number of carbonyl (C=O) groups excluding carboxylic acids is 1. The number of carbonyl (C=O) groups is 1. The molecule has 1 aliphatic rings. The normalized spacial score (nSPS) is 12.6. The Morgan fingerprint density at radius 2 is 1.80 bits per heavy atom. The first-order valence-electron chi connectivity index (χ1n) is 8.89. The van der Waals surface area contributed by atoms with Gasteiger partial charge in [0.05, 0.1) is 10.6 Å². The van der Waals surface area contributed by atoms with Gasteiger partial charge in [-0.15, -0.1) is 10.2 Å². The molecule has 0 saturated heterocycles. The van der Waals surface area contributed by atoms with Crippen LogP contribution in [0.3, 0.4) is 0 Å². The molecule has 10 heteroatoms. The van der Waals surface area contributed by atoms with Gasteiger partial charge in [0, 0.05) is 11.8 Å². The Balaban J connectivity index is 1.36. The van der Waals surface area contributed by atoms with Crippen LogP contribution in [0.4, 0.5) is 5.69 Å². The van der Waals surface area contributed by atoms with Crippen molar-refractivity contribution >= 4 is 33.2 Å². The number of aromatic nitrogens is 2. The lowest BCUT2D eigenvalue weighted by atomic mass is 10.2. The first-order chi connectivity index (χ1) is 14.4. The minimum absolute atomic E-state index is 0.0905. The van der Waals surface area contributed by atoms with Gasteiger partial charge in [0.2, 0.25) is 22.5 Å². The van der Waals surface area contributed by atoms with Crippen molar-refractivity contribution in [2.45, 2.75) is 21.9 Å². The predicted octanol–water partition coefficient (Wildman–Crippen LogP) is 3.08. The van der Waals surface area contributed by atoms with Crippen molar-refractivity contribution in [2.24, 2.45) is 0 Å². The minimum atomic E-state index is -3.73. The lowest BCUT2D eigenvalue weighted by molar-refractivity contribution is -0.113. The molecule has 4 rings (SSSR count). The number of anilines is 1. The molecule has 0 radical (unpaired) electrons. The van der Waals surface area contributed by atoms with E-state index in [1.54, 1.807) is 30.3 Å². The number of hydrogen-bond donors (Lipinski definition) is 1. The summed E-state index contributed by atoms with van der Waals surface area (Å²) in [6, 6.07) is 14.6. The molecular formula is C20H17N3O5S2. The van der Waals surface area contributed by atoms with E-state index >= 15 is 0 Å². The number of amides is 1. The fraction of sp³-hybridized carbons (Fsp3) is 0.150. The fourth-order valence-corrected chi connectivity index (χ4v) is 4.42. The van der Waals surface area contributed by atoms with Gasteiger partial charge < -0.3 is 14.8 Å². The van der Waals surface area contributed by atoms with Crippen LogP contribution in [0.5, 0.6) is 11.5 Å². The topological polar surface area (TPSA) is 107 Å². The number of sulfone groups is 1. The summed E-state index contributed by atoms with van der Waals surface area (Å²) in [7, 11) is -3.73. The van der Waals surface area contributed by atoms with E-state index in [-0.39, 0.29) is 28.4 Å². The zero-order valence-corrected chi connectivity index (χ0v) is 17.5. The van der Waals surface area contributed by atoms with E-state index in [1.165, 1.54) is 24.3 Å². The SMILES string of the molecule is Cc1ccc(S(=O)(=O)c2ccc(SCC(=O)Nc3ccc4c(c3)OCO4)nn2)cc1. The number of rotatable bonds is 6. The molecule has 0 fully saturated rings. The zero-order chi connectivity index (χ0) is 21.1. The molecule has 3 aromatic rings. The summed E-state index contributed by atoms with van der Waals surface area (Å²) >= 11 is 1.15. The molecule has 0 unspecified atom stereocenters. The van der Waals surface area contributed by atoms with E-state index < -0.39 is 9.84 Å². The molecule has 1 N–H and O–H groups in total. The number of thioether (sulfide) groups is 1. The van der Waals surface area contributed by atoms with E-state index in [1.807, 2.05) is 6.92 Å². The van der Waals surface area contributed by atoms with Crippen LogP contribution >= 0.6 is 11.8 Å². The van der Waals surface area contributed by atoms with Crippen LogP contribution in [0, 0.1) is 6.92 Å². The monoisotopic (exact) mass is 443 g/mol. The average molecular weight is 444 g/mol. The van der Waals surface area contributed by atoms with E-state index in [0.29, 0.717) is 22.2 Å². The Hall–Kier alpha value is -3.11. The molecule has 1 aromatic heterocycles. The lowest BCUT2D eigenvalue weighted by Gasteiger charge is -2.06. The zero-order valence-electron chi connectivity index (χ0n) is 15.9. The smallest absolute Gasteiger partial charge is 0.234 e. The second kappa shape index (κ2) is 8.33. The van der Waals surface area contributed by atoms with E-state index in [4.69, 9.17) is 9.47 Å². The quantitative estimate of drug-likeness (QED) is 0.579. The number of benzene rings is 2. The number of hydrogen-bond acceptors (Lipinski definition) is 8. The van der Waals surface area contributed by atoms with Gasteiger partial charge in [0.1, 0.15) is 5.03 Å². The molecule has 0 spiro atoms. The van der Waals surface area contributed by atoms with Crippen LogP contribution in [-0.4, -0.2) is 37.1 Å². The molecule has 2 aromatic carbocycles. The third-order valence-corrected chi connectivity index (χ3v) is 6.81. The number of fused-ring (bicyclic) bond motifs is 1. The molecule has 2 heterocycles. The molecule has 1 aliphatic heterocycles. The molecule has 0 aliphatic carbocycles. The molecule has 1 amide bonds. The van der Waals surface area contributed by atoms with Gasteiger partial charge >= 0.3 is 0 Å². The maximum absolute atomic E-state index is 12.6. The summed E-state index contributed by atoms with van der Waals surface area (Å²) in [6.45, 7) is 2.04. The van der Waals surface area contributed by atoms with Gasteiger partial charge in [0.15, 0.2) is 16.5 Å². The molecule has 8 nitrogen and oxygen atoms in total. The van der Waals surface area contributed by atoms with Gasteiger partial charge in [-0.3, -0.25) is 4.79 Å². The van der Waals surface area contributed by atoms with Crippen LogP contribution in [-0.2, 0) is 14.6 Å².